The molecule has 0 fully saturated rings. The van der Waals surface area contributed by atoms with Crippen molar-refractivity contribution in [1.82, 2.24) is 10.2 Å². The van der Waals surface area contributed by atoms with Gasteiger partial charge in [-0.05, 0) is 66.8 Å². The number of hydrogen-bond donors (Lipinski definition) is 1. The molecule has 2 amide bonds. The number of carbonyl (C=O) groups excluding carboxylic acids is 2. The van der Waals surface area contributed by atoms with Crippen LogP contribution in [0.3, 0.4) is 0 Å². The second-order valence-corrected chi connectivity index (χ2v) is 14.4. The number of halogens is 1. The number of sulfonamides is 1. The van der Waals surface area contributed by atoms with E-state index in [0.29, 0.717) is 12.2 Å². The molecule has 45 heavy (non-hydrogen) atoms. The van der Waals surface area contributed by atoms with E-state index in [1.165, 1.54) is 21.3 Å². The maximum absolute atomic E-state index is 14.6. The second-order valence-electron chi connectivity index (χ2n) is 11.6. The van der Waals surface area contributed by atoms with Gasteiger partial charge in [-0.2, -0.15) is 0 Å². The lowest BCUT2D eigenvalue weighted by atomic mass is 10.0. The molecular formula is C36H40BrN3O4S. The number of anilines is 1. The minimum Gasteiger partial charge on any atom is -0.354 e. The fraction of sp³-hybridized carbons (Fsp3) is 0.278. The molecular weight excluding hydrogens is 650 g/mol. The average Bonchev–Trinajstić information content (AvgIpc) is 3.01. The van der Waals surface area contributed by atoms with Gasteiger partial charge >= 0.3 is 0 Å². The Balaban J connectivity index is 1.82. The molecule has 9 heteroatoms. The maximum Gasteiger partial charge on any atom is 0.264 e. The lowest BCUT2D eigenvalue weighted by Crippen LogP contribution is -2.53. The van der Waals surface area contributed by atoms with Crippen molar-refractivity contribution in [2.45, 2.75) is 51.6 Å². The fourth-order valence-electron chi connectivity index (χ4n) is 5.13. The second kappa shape index (κ2) is 15.4. The highest BCUT2D eigenvalue weighted by molar-refractivity contribution is 9.10. The Morgan fingerprint density at radius 2 is 1.47 bits per heavy atom. The summed E-state index contributed by atoms with van der Waals surface area (Å²) in [6, 6.07) is 29.7. The van der Waals surface area contributed by atoms with Crippen molar-refractivity contribution in [2.75, 3.05) is 17.4 Å². The van der Waals surface area contributed by atoms with Crippen LogP contribution < -0.4 is 9.62 Å². The van der Waals surface area contributed by atoms with E-state index >= 15 is 0 Å². The summed E-state index contributed by atoms with van der Waals surface area (Å²) in [7, 11) is -4.15. The number of rotatable bonds is 13. The van der Waals surface area contributed by atoms with Crippen molar-refractivity contribution in [2.24, 2.45) is 5.92 Å². The molecule has 4 aromatic carbocycles. The summed E-state index contributed by atoms with van der Waals surface area (Å²) in [5.74, 6) is -0.577. The zero-order valence-corrected chi connectivity index (χ0v) is 28.5. The summed E-state index contributed by atoms with van der Waals surface area (Å²) in [6.45, 7) is 7.84. The van der Waals surface area contributed by atoms with Crippen LogP contribution in [-0.2, 0) is 32.6 Å². The molecule has 4 aromatic rings. The van der Waals surface area contributed by atoms with Crippen LogP contribution in [0.1, 0.15) is 36.1 Å². The van der Waals surface area contributed by atoms with E-state index in [4.69, 9.17) is 0 Å². The molecule has 0 spiro atoms. The molecule has 236 valence electrons. The molecule has 7 nitrogen and oxygen atoms in total. The zero-order valence-electron chi connectivity index (χ0n) is 26.1. The molecule has 0 aliphatic heterocycles. The van der Waals surface area contributed by atoms with E-state index in [0.717, 1.165) is 26.7 Å². The summed E-state index contributed by atoms with van der Waals surface area (Å²) in [4.78, 5) is 30.0. The highest BCUT2D eigenvalue weighted by Gasteiger charge is 2.35. The van der Waals surface area contributed by atoms with Gasteiger partial charge < -0.3 is 10.2 Å². The standard InChI is InChI=1S/C36H40BrN3O4S/c1-26(2)23-38-36(42)34(22-29-12-7-5-8-13-29)39(24-30-14-11-15-31(37)21-30)35(41)25-40(33-19-18-27(3)20-28(33)4)45(43,44)32-16-9-6-10-17-32/h5-21,26,34H,22-25H2,1-4H3,(H,38,42)/t34-/m0/s1. The quantitative estimate of drug-likeness (QED) is 0.170. The van der Waals surface area contributed by atoms with Gasteiger partial charge in [0.15, 0.2) is 0 Å². The van der Waals surface area contributed by atoms with Gasteiger partial charge in [-0.1, -0.05) is 108 Å². The average molecular weight is 691 g/mol. The van der Waals surface area contributed by atoms with Crippen molar-refractivity contribution in [3.05, 3.63) is 130 Å². The van der Waals surface area contributed by atoms with Crippen molar-refractivity contribution < 1.29 is 18.0 Å². The number of nitrogens with zero attached hydrogens (tertiary/aromatic N) is 2. The monoisotopic (exact) mass is 689 g/mol. The third-order valence-electron chi connectivity index (χ3n) is 7.43. The Morgan fingerprint density at radius 1 is 0.822 bits per heavy atom. The number of carbonyl (C=O) groups is 2. The normalized spacial score (nSPS) is 12.0. The molecule has 0 saturated heterocycles. The van der Waals surface area contributed by atoms with Crippen LogP contribution >= 0.6 is 15.9 Å². The first-order valence-electron chi connectivity index (χ1n) is 15.0. The Hall–Kier alpha value is -3.95. The highest BCUT2D eigenvalue weighted by atomic mass is 79.9. The molecule has 1 atom stereocenters. The van der Waals surface area contributed by atoms with E-state index in [1.807, 2.05) is 94.4 Å². The number of amides is 2. The molecule has 0 aromatic heterocycles. The molecule has 0 radical (unpaired) electrons. The fourth-order valence-corrected chi connectivity index (χ4v) is 7.07. The number of hydrogen-bond acceptors (Lipinski definition) is 4. The Labute approximate surface area is 275 Å². The smallest absolute Gasteiger partial charge is 0.264 e. The minimum absolute atomic E-state index is 0.0758. The first-order chi connectivity index (χ1) is 21.5. The predicted molar refractivity (Wildman–Crippen MR) is 183 cm³/mol. The largest absolute Gasteiger partial charge is 0.354 e. The van der Waals surface area contributed by atoms with Gasteiger partial charge in [0.05, 0.1) is 10.6 Å². The van der Waals surface area contributed by atoms with Crippen LogP contribution in [0.2, 0.25) is 0 Å². The van der Waals surface area contributed by atoms with Gasteiger partial charge in [-0.15, -0.1) is 0 Å². The lowest BCUT2D eigenvalue weighted by molar-refractivity contribution is -0.140. The van der Waals surface area contributed by atoms with Crippen LogP contribution in [0.15, 0.2) is 112 Å². The van der Waals surface area contributed by atoms with Crippen molar-refractivity contribution >= 4 is 43.5 Å². The summed E-state index contributed by atoms with van der Waals surface area (Å²) < 4.78 is 30.3. The van der Waals surface area contributed by atoms with E-state index in [1.54, 1.807) is 24.3 Å². The third kappa shape index (κ3) is 9.05. The topological polar surface area (TPSA) is 86.8 Å². The predicted octanol–water partition coefficient (Wildman–Crippen LogP) is 6.67. The highest BCUT2D eigenvalue weighted by Crippen LogP contribution is 2.28. The number of benzene rings is 4. The van der Waals surface area contributed by atoms with Gasteiger partial charge in [0.2, 0.25) is 11.8 Å². The van der Waals surface area contributed by atoms with Crippen LogP contribution in [0.4, 0.5) is 5.69 Å². The first kappa shape index (κ1) is 33.9. The maximum atomic E-state index is 14.6. The molecule has 0 saturated carbocycles. The molecule has 0 heterocycles. The van der Waals surface area contributed by atoms with Crippen LogP contribution in [0, 0.1) is 19.8 Å². The first-order valence-corrected chi connectivity index (χ1v) is 17.2. The Morgan fingerprint density at radius 3 is 2.09 bits per heavy atom. The Bertz CT molecular complexity index is 1710. The summed E-state index contributed by atoms with van der Waals surface area (Å²) >= 11 is 3.52. The van der Waals surface area contributed by atoms with Crippen molar-refractivity contribution in [3.8, 4) is 0 Å². The van der Waals surface area contributed by atoms with Gasteiger partial charge in [0, 0.05) is 24.0 Å². The third-order valence-corrected chi connectivity index (χ3v) is 9.70. The number of nitrogens with one attached hydrogen (secondary N) is 1. The van der Waals surface area contributed by atoms with Gasteiger partial charge in [-0.3, -0.25) is 13.9 Å². The van der Waals surface area contributed by atoms with Crippen LogP contribution in [-0.4, -0.2) is 44.3 Å². The van der Waals surface area contributed by atoms with Crippen LogP contribution in [0.25, 0.3) is 0 Å². The van der Waals surface area contributed by atoms with E-state index < -0.39 is 28.5 Å². The molecule has 0 bridgehead atoms. The van der Waals surface area contributed by atoms with Crippen molar-refractivity contribution in [1.29, 1.82) is 0 Å². The van der Waals surface area contributed by atoms with E-state index in [9.17, 15) is 18.0 Å². The molecule has 0 unspecified atom stereocenters. The van der Waals surface area contributed by atoms with Crippen LogP contribution in [0.5, 0.6) is 0 Å². The van der Waals surface area contributed by atoms with E-state index in [2.05, 4.69) is 21.2 Å². The molecule has 1 N–H and O–H groups in total. The SMILES string of the molecule is Cc1ccc(N(CC(=O)N(Cc2cccc(Br)c2)[C@@H](Cc2ccccc2)C(=O)NCC(C)C)S(=O)(=O)c2ccccc2)c(C)c1. The van der Waals surface area contributed by atoms with Crippen molar-refractivity contribution in [3.63, 3.8) is 0 Å². The summed E-state index contributed by atoms with van der Waals surface area (Å²) in [6.07, 6.45) is 0.263. The molecule has 0 aliphatic carbocycles. The number of aryl methyl sites for hydroxylation is 2. The molecule has 0 aliphatic rings. The van der Waals surface area contributed by atoms with Gasteiger partial charge in [0.25, 0.3) is 10.0 Å². The lowest BCUT2D eigenvalue weighted by Gasteiger charge is -2.34. The minimum atomic E-state index is -4.15. The van der Waals surface area contributed by atoms with Gasteiger partial charge in [0.1, 0.15) is 12.6 Å². The van der Waals surface area contributed by atoms with E-state index in [-0.39, 0.29) is 29.7 Å². The van der Waals surface area contributed by atoms with Gasteiger partial charge in [-0.25, -0.2) is 8.42 Å². The zero-order chi connectivity index (χ0) is 32.6. The molecule has 4 rings (SSSR count). The Kier molecular flexibility index (Phi) is 11.6. The summed E-state index contributed by atoms with van der Waals surface area (Å²) in [5, 5.41) is 3.02. The summed E-state index contributed by atoms with van der Waals surface area (Å²) in [5.41, 5.74) is 3.79.